The van der Waals surface area contributed by atoms with Gasteiger partial charge in [0.05, 0.1) is 6.61 Å². The molecule has 1 aromatic rings. The number of likely N-dealkylation sites (N-methyl/N-ethyl adjacent to an activating group) is 1. The average molecular weight is 291 g/mol. The molecule has 1 aliphatic heterocycles. The van der Waals surface area contributed by atoms with Gasteiger partial charge in [0.2, 0.25) is 0 Å². The molecule has 0 aliphatic carbocycles. The molecule has 0 radical (unpaired) electrons. The summed E-state index contributed by atoms with van der Waals surface area (Å²) in [5, 5.41) is 12.7. The van der Waals surface area contributed by atoms with E-state index in [0.29, 0.717) is 12.6 Å². The van der Waals surface area contributed by atoms with Gasteiger partial charge in [-0.05, 0) is 32.0 Å². The van der Waals surface area contributed by atoms with Crippen LogP contribution in [-0.4, -0.2) is 67.8 Å². The monoisotopic (exact) mass is 291 g/mol. The Hall–Kier alpha value is -0.940. The van der Waals surface area contributed by atoms with E-state index in [1.165, 1.54) is 16.7 Å². The topological polar surface area (TPSA) is 38.7 Å². The fraction of sp³-hybridized carbons (Fsp3) is 0.647. The second kappa shape index (κ2) is 7.90. The molecule has 21 heavy (non-hydrogen) atoms. The van der Waals surface area contributed by atoms with Gasteiger partial charge in [0, 0.05) is 45.3 Å². The van der Waals surface area contributed by atoms with E-state index in [4.69, 9.17) is 0 Å². The third-order valence-electron chi connectivity index (χ3n) is 4.41. The summed E-state index contributed by atoms with van der Waals surface area (Å²) in [6.07, 6.45) is 0. The first-order valence-corrected chi connectivity index (χ1v) is 7.93. The molecule has 4 heteroatoms. The lowest BCUT2D eigenvalue weighted by Gasteiger charge is -2.36. The number of aliphatic hydroxyl groups is 1. The van der Waals surface area contributed by atoms with Crippen molar-refractivity contribution in [2.45, 2.75) is 19.9 Å². The predicted molar refractivity (Wildman–Crippen MR) is 87.7 cm³/mol. The van der Waals surface area contributed by atoms with E-state index < -0.39 is 0 Å². The van der Waals surface area contributed by atoms with Crippen LogP contribution in [-0.2, 0) is 0 Å². The SMILES string of the molecule is Cc1ccc(C(CN2CCNCC2)N(C)CCO)c(C)c1. The largest absolute Gasteiger partial charge is 0.395 e. The molecule has 0 amide bonds. The van der Waals surface area contributed by atoms with Crippen molar-refractivity contribution in [3.63, 3.8) is 0 Å². The van der Waals surface area contributed by atoms with Crippen LogP contribution in [0, 0.1) is 13.8 Å². The minimum atomic E-state index is 0.208. The lowest BCUT2D eigenvalue weighted by molar-refractivity contribution is 0.129. The number of rotatable bonds is 6. The summed E-state index contributed by atoms with van der Waals surface area (Å²) in [5.41, 5.74) is 4.04. The molecule has 1 heterocycles. The Labute approximate surface area is 128 Å². The number of nitrogens with zero attached hydrogens (tertiary/aromatic N) is 2. The Balaban J connectivity index is 2.17. The lowest BCUT2D eigenvalue weighted by Crippen LogP contribution is -2.47. The van der Waals surface area contributed by atoms with Crippen LogP contribution in [0.5, 0.6) is 0 Å². The van der Waals surface area contributed by atoms with E-state index >= 15 is 0 Å². The van der Waals surface area contributed by atoms with E-state index in [0.717, 1.165) is 32.7 Å². The molecule has 1 saturated heterocycles. The molecule has 118 valence electrons. The molecule has 0 aromatic heterocycles. The van der Waals surface area contributed by atoms with Crippen molar-refractivity contribution in [1.29, 1.82) is 0 Å². The Kier molecular flexibility index (Phi) is 6.18. The van der Waals surface area contributed by atoms with Crippen LogP contribution in [0.2, 0.25) is 0 Å². The van der Waals surface area contributed by atoms with Gasteiger partial charge in [-0.25, -0.2) is 0 Å². The van der Waals surface area contributed by atoms with Gasteiger partial charge >= 0.3 is 0 Å². The van der Waals surface area contributed by atoms with Gasteiger partial charge in [0.25, 0.3) is 0 Å². The van der Waals surface area contributed by atoms with Gasteiger partial charge in [-0.2, -0.15) is 0 Å². The number of aryl methyl sites for hydroxylation is 2. The summed E-state index contributed by atoms with van der Waals surface area (Å²) < 4.78 is 0. The fourth-order valence-corrected chi connectivity index (χ4v) is 3.13. The van der Waals surface area contributed by atoms with Crippen LogP contribution < -0.4 is 5.32 Å². The highest BCUT2D eigenvalue weighted by atomic mass is 16.3. The quantitative estimate of drug-likeness (QED) is 0.825. The van der Waals surface area contributed by atoms with E-state index in [2.05, 4.69) is 54.2 Å². The average Bonchev–Trinajstić information content (AvgIpc) is 2.47. The van der Waals surface area contributed by atoms with E-state index in [-0.39, 0.29) is 6.61 Å². The predicted octanol–water partition coefficient (Wildman–Crippen LogP) is 1.17. The van der Waals surface area contributed by atoms with Crippen LogP contribution in [0.15, 0.2) is 18.2 Å². The summed E-state index contributed by atoms with van der Waals surface area (Å²) in [7, 11) is 2.11. The summed E-state index contributed by atoms with van der Waals surface area (Å²) in [5.74, 6) is 0. The van der Waals surface area contributed by atoms with Gasteiger partial charge in [-0.3, -0.25) is 9.80 Å². The molecule has 2 N–H and O–H groups in total. The summed E-state index contributed by atoms with van der Waals surface area (Å²) in [6.45, 7) is 10.6. The minimum Gasteiger partial charge on any atom is -0.395 e. The smallest absolute Gasteiger partial charge is 0.0558 e. The Morgan fingerprint density at radius 3 is 2.62 bits per heavy atom. The number of hydrogen-bond acceptors (Lipinski definition) is 4. The van der Waals surface area contributed by atoms with Crippen molar-refractivity contribution in [2.75, 3.05) is 52.9 Å². The highest BCUT2D eigenvalue weighted by Gasteiger charge is 2.22. The number of piperazine rings is 1. The van der Waals surface area contributed by atoms with Gasteiger partial charge in [-0.1, -0.05) is 23.8 Å². The third-order valence-corrected chi connectivity index (χ3v) is 4.41. The summed E-state index contributed by atoms with van der Waals surface area (Å²) >= 11 is 0. The molecule has 1 unspecified atom stereocenters. The van der Waals surface area contributed by atoms with Crippen LogP contribution in [0.4, 0.5) is 0 Å². The Morgan fingerprint density at radius 1 is 1.29 bits per heavy atom. The van der Waals surface area contributed by atoms with Crippen molar-refractivity contribution in [3.8, 4) is 0 Å². The molecule has 1 aromatic carbocycles. The van der Waals surface area contributed by atoms with Crippen molar-refractivity contribution in [2.24, 2.45) is 0 Å². The molecule has 1 aliphatic rings. The molecule has 0 spiro atoms. The zero-order valence-corrected chi connectivity index (χ0v) is 13.6. The van der Waals surface area contributed by atoms with Crippen LogP contribution >= 0.6 is 0 Å². The molecule has 1 atom stereocenters. The number of benzene rings is 1. The first-order valence-electron chi connectivity index (χ1n) is 7.93. The van der Waals surface area contributed by atoms with E-state index in [9.17, 15) is 5.11 Å². The zero-order chi connectivity index (χ0) is 15.2. The van der Waals surface area contributed by atoms with Crippen LogP contribution in [0.3, 0.4) is 0 Å². The maximum absolute atomic E-state index is 9.29. The maximum atomic E-state index is 9.29. The second-order valence-corrected chi connectivity index (χ2v) is 6.13. The molecular weight excluding hydrogens is 262 g/mol. The van der Waals surface area contributed by atoms with E-state index in [1.807, 2.05) is 0 Å². The highest BCUT2D eigenvalue weighted by Crippen LogP contribution is 2.25. The lowest BCUT2D eigenvalue weighted by atomic mass is 9.97. The summed E-state index contributed by atoms with van der Waals surface area (Å²) in [6, 6.07) is 7.05. The second-order valence-electron chi connectivity index (χ2n) is 6.13. The fourth-order valence-electron chi connectivity index (χ4n) is 3.13. The number of hydrogen-bond donors (Lipinski definition) is 2. The van der Waals surface area contributed by atoms with Crippen molar-refractivity contribution < 1.29 is 5.11 Å². The molecular formula is C17H29N3O. The summed E-state index contributed by atoms with van der Waals surface area (Å²) in [4.78, 5) is 4.80. The first-order chi connectivity index (χ1) is 10.1. The normalized spacial score (nSPS) is 18.1. The van der Waals surface area contributed by atoms with Crippen molar-refractivity contribution in [3.05, 3.63) is 34.9 Å². The van der Waals surface area contributed by atoms with Crippen molar-refractivity contribution >= 4 is 0 Å². The zero-order valence-electron chi connectivity index (χ0n) is 13.6. The van der Waals surface area contributed by atoms with Crippen LogP contribution in [0.25, 0.3) is 0 Å². The standard InChI is InChI=1S/C17H29N3O/c1-14-4-5-16(15(2)12-14)17(19(3)10-11-21)13-20-8-6-18-7-9-20/h4-5,12,17-18,21H,6-11,13H2,1-3H3. The minimum absolute atomic E-state index is 0.208. The maximum Gasteiger partial charge on any atom is 0.0558 e. The van der Waals surface area contributed by atoms with Gasteiger partial charge in [-0.15, -0.1) is 0 Å². The first kappa shape index (κ1) is 16.4. The van der Waals surface area contributed by atoms with Gasteiger partial charge in [0.15, 0.2) is 0 Å². The number of aliphatic hydroxyl groups excluding tert-OH is 1. The Morgan fingerprint density at radius 2 is 2.00 bits per heavy atom. The van der Waals surface area contributed by atoms with Gasteiger partial charge in [0.1, 0.15) is 0 Å². The van der Waals surface area contributed by atoms with E-state index in [1.54, 1.807) is 0 Å². The molecule has 2 rings (SSSR count). The molecule has 0 saturated carbocycles. The number of nitrogens with one attached hydrogen (secondary N) is 1. The third kappa shape index (κ3) is 4.51. The van der Waals surface area contributed by atoms with Crippen LogP contribution in [0.1, 0.15) is 22.7 Å². The molecule has 0 bridgehead atoms. The van der Waals surface area contributed by atoms with Gasteiger partial charge < -0.3 is 10.4 Å². The van der Waals surface area contributed by atoms with Crippen molar-refractivity contribution in [1.82, 2.24) is 15.1 Å². The Bertz CT molecular complexity index is 444. The molecule has 1 fully saturated rings. The molecule has 4 nitrogen and oxygen atoms in total. The highest BCUT2D eigenvalue weighted by molar-refractivity contribution is 5.33.